The van der Waals surface area contributed by atoms with Gasteiger partial charge in [-0.25, -0.2) is 0 Å². The van der Waals surface area contributed by atoms with Crippen LogP contribution in [-0.4, -0.2) is 47.1 Å². The second-order valence-electron chi connectivity index (χ2n) is 4.64. The predicted molar refractivity (Wildman–Crippen MR) is 71.1 cm³/mol. The van der Waals surface area contributed by atoms with E-state index >= 15 is 0 Å². The first kappa shape index (κ1) is 16.9. The number of amides is 2. The van der Waals surface area contributed by atoms with Crippen LogP contribution in [0.5, 0.6) is 0 Å². The molecule has 1 saturated heterocycles. The number of nitrogens with one attached hydrogen (secondary N) is 1. The molecule has 0 spiro atoms. The van der Waals surface area contributed by atoms with Gasteiger partial charge in [-0.05, 0) is 19.8 Å². The summed E-state index contributed by atoms with van der Waals surface area (Å²) in [5.74, 6) is -0.322. The Labute approximate surface area is 110 Å². The number of hydrogen-bond donors (Lipinski definition) is 2. The highest BCUT2D eigenvalue weighted by atomic mass is 16.3. The van der Waals surface area contributed by atoms with Crippen molar-refractivity contribution >= 4 is 11.8 Å². The molecule has 106 valence electrons. The van der Waals surface area contributed by atoms with E-state index < -0.39 is 6.04 Å². The van der Waals surface area contributed by atoms with Crippen LogP contribution in [-0.2, 0) is 9.59 Å². The quantitative estimate of drug-likeness (QED) is 0.790. The maximum absolute atomic E-state index is 11.9. The lowest BCUT2D eigenvalue weighted by molar-refractivity contribution is -0.136. The van der Waals surface area contributed by atoms with Crippen molar-refractivity contribution in [2.24, 2.45) is 0 Å². The molecular formula is C13H26N2O3. The van der Waals surface area contributed by atoms with Gasteiger partial charge in [-0.3, -0.25) is 9.59 Å². The van der Waals surface area contributed by atoms with Crippen molar-refractivity contribution in [1.29, 1.82) is 0 Å². The first-order valence-electron chi connectivity index (χ1n) is 6.66. The van der Waals surface area contributed by atoms with E-state index in [2.05, 4.69) is 19.2 Å². The van der Waals surface area contributed by atoms with Gasteiger partial charge in [0, 0.05) is 13.5 Å². The smallest absolute Gasteiger partial charge is 0.245 e. The highest BCUT2D eigenvalue weighted by Gasteiger charge is 2.30. The van der Waals surface area contributed by atoms with Gasteiger partial charge in [0.15, 0.2) is 0 Å². The number of hydrogen-bond acceptors (Lipinski definition) is 3. The van der Waals surface area contributed by atoms with Crippen LogP contribution in [0.4, 0.5) is 0 Å². The zero-order valence-corrected chi connectivity index (χ0v) is 11.9. The number of aliphatic hydroxyl groups excluding tert-OH is 1. The Morgan fingerprint density at radius 1 is 1.44 bits per heavy atom. The molecule has 1 fully saturated rings. The molecule has 0 aromatic heterocycles. The van der Waals surface area contributed by atoms with Gasteiger partial charge in [-0.2, -0.15) is 0 Å². The van der Waals surface area contributed by atoms with Crippen molar-refractivity contribution in [1.82, 2.24) is 10.2 Å². The van der Waals surface area contributed by atoms with Gasteiger partial charge in [0.2, 0.25) is 11.8 Å². The van der Waals surface area contributed by atoms with Crippen molar-refractivity contribution in [2.45, 2.75) is 59.0 Å². The molecular weight excluding hydrogens is 232 g/mol. The number of carbonyl (C=O) groups is 2. The third-order valence-corrected chi connectivity index (χ3v) is 2.66. The van der Waals surface area contributed by atoms with E-state index in [1.54, 1.807) is 11.8 Å². The fourth-order valence-electron chi connectivity index (χ4n) is 1.93. The maximum atomic E-state index is 11.9. The second-order valence-corrected chi connectivity index (χ2v) is 4.64. The minimum atomic E-state index is -0.505. The topological polar surface area (TPSA) is 69.6 Å². The minimum Gasteiger partial charge on any atom is -0.394 e. The highest BCUT2D eigenvalue weighted by Crippen LogP contribution is 2.17. The van der Waals surface area contributed by atoms with Crippen LogP contribution in [0.15, 0.2) is 0 Å². The summed E-state index contributed by atoms with van der Waals surface area (Å²) >= 11 is 0. The predicted octanol–water partition coefficient (Wildman–Crippen LogP) is 0.911. The molecule has 2 amide bonds. The molecule has 0 radical (unpaired) electrons. The Morgan fingerprint density at radius 2 is 2.00 bits per heavy atom. The van der Waals surface area contributed by atoms with E-state index in [0.717, 1.165) is 12.8 Å². The summed E-state index contributed by atoms with van der Waals surface area (Å²) in [6.07, 6.45) is 3.01. The minimum absolute atomic E-state index is 0.00146. The maximum Gasteiger partial charge on any atom is 0.245 e. The van der Waals surface area contributed by atoms with Crippen LogP contribution in [0.3, 0.4) is 0 Å². The van der Waals surface area contributed by atoms with Gasteiger partial charge >= 0.3 is 0 Å². The summed E-state index contributed by atoms with van der Waals surface area (Å²) < 4.78 is 0. The van der Waals surface area contributed by atoms with E-state index in [0.29, 0.717) is 6.54 Å². The molecule has 0 aliphatic carbocycles. The Kier molecular flexibility index (Phi) is 8.37. The standard InChI is InChI=1S/C10H18N2O3.C3H8/c1-7(11-8(2)14)10(15)12-5-3-4-9(12)6-13;1-3-2/h7,9,13H,3-6H2,1-2H3,(H,11,14);3H2,1-2H3/t7-,9-;/m0./s1. The summed E-state index contributed by atoms with van der Waals surface area (Å²) in [4.78, 5) is 24.3. The van der Waals surface area contributed by atoms with Crippen molar-refractivity contribution in [2.75, 3.05) is 13.2 Å². The monoisotopic (exact) mass is 258 g/mol. The molecule has 0 saturated carbocycles. The molecule has 0 bridgehead atoms. The molecule has 2 atom stereocenters. The molecule has 2 N–H and O–H groups in total. The van der Waals surface area contributed by atoms with Gasteiger partial charge in [0.1, 0.15) is 6.04 Å². The van der Waals surface area contributed by atoms with Crippen molar-refractivity contribution in [3.05, 3.63) is 0 Å². The van der Waals surface area contributed by atoms with Crippen molar-refractivity contribution in [3.8, 4) is 0 Å². The Balaban J connectivity index is 0.000000873. The lowest BCUT2D eigenvalue weighted by Gasteiger charge is -2.26. The van der Waals surface area contributed by atoms with Gasteiger partial charge in [-0.1, -0.05) is 20.3 Å². The van der Waals surface area contributed by atoms with Crippen LogP contribution in [0.1, 0.15) is 47.0 Å². The zero-order chi connectivity index (χ0) is 14.1. The molecule has 1 heterocycles. The van der Waals surface area contributed by atoms with Gasteiger partial charge in [-0.15, -0.1) is 0 Å². The van der Waals surface area contributed by atoms with Crippen LogP contribution >= 0.6 is 0 Å². The van der Waals surface area contributed by atoms with E-state index in [1.807, 2.05) is 0 Å². The summed E-state index contributed by atoms with van der Waals surface area (Å²) in [6, 6.07) is -0.580. The first-order chi connectivity index (χ1) is 8.47. The molecule has 5 heteroatoms. The molecule has 5 nitrogen and oxygen atoms in total. The molecule has 0 unspecified atom stereocenters. The SMILES string of the molecule is CC(=O)N[C@@H](C)C(=O)N1CCC[C@H]1CO.CCC. The Hall–Kier alpha value is -1.10. The Morgan fingerprint density at radius 3 is 2.44 bits per heavy atom. The van der Waals surface area contributed by atoms with Crippen molar-refractivity contribution < 1.29 is 14.7 Å². The van der Waals surface area contributed by atoms with Crippen LogP contribution in [0, 0.1) is 0 Å². The number of likely N-dealkylation sites (tertiary alicyclic amines) is 1. The molecule has 1 aliphatic rings. The van der Waals surface area contributed by atoms with E-state index in [-0.39, 0.29) is 24.5 Å². The Bertz CT molecular complexity index is 269. The van der Waals surface area contributed by atoms with Crippen molar-refractivity contribution in [3.63, 3.8) is 0 Å². The average molecular weight is 258 g/mol. The van der Waals surface area contributed by atoms with E-state index in [1.165, 1.54) is 13.3 Å². The number of nitrogens with zero attached hydrogens (tertiary/aromatic N) is 1. The highest BCUT2D eigenvalue weighted by molar-refractivity contribution is 5.86. The van der Waals surface area contributed by atoms with Crippen LogP contribution in [0.2, 0.25) is 0 Å². The molecule has 1 rings (SSSR count). The van der Waals surface area contributed by atoms with Gasteiger partial charge < -0.3 is 15.3 Å². The summed E-state index contributed by atoms with van der Waals surface area (Å²) in [6.45, 7) is 7.97. The summed E-state index contributed by atoms with van der Waals surface area (Å²) in [5, 5.41) is 11.6. The van der Waals surface area contributed by atoms with Gasteiger partial charge in [0.05, 0.1) is 12.6 Å². The largest absolute Gasteiger partial charge is 0.394 e. The van der Waals surface area contributed by atoms with E-state index in [4.69, 9.17) is 5.11 Å². The fraction of sp³-hybridized carbons (Fsp3) is 0.846. The number of carbonyl (C=O) groups excluding carboxylic acids is 2. The zero-order valence-electron chi connectivity index (χ0n) is 11.9. The van der Waals surface area contributed by atoms with Crippen LogP contribution in [0.25, 0.3) is 0 Å². The fourth-order valence-corrected chi connectivity index (χ4v) is 1.93. The third kappa shape index (κ3) is 5.49. The molecule has 18 heavy (non-hydrogen) atoms. The molecule has 0 aromatic rings. The van der Waals surface area contributed by atoms with Crippen LogP contribution < -0.4 is 5.32 Å². The summed E-state index contributed by atoms with van der Waals surface area (Å²) in [5.41, 5.74) is 0. The summed E-state index contributed by atoms with van der Waals surface area (Å²) in [7, 11) is 0. The third-order valence-electron chi connectivity index (χ3n) is 2.66. The second kappa shape index (κ2) is 8.91. The normalized spacial score (nSPS) is 19.8. The van der Waals surface area contributed by atoms with Gasteiger partial charge in [0.25, 0.3) is 0 Å². The lowest BCUT2D eigenvalue weighted by atomic mass is 10.2. The average Bonchev–Trinajstić information content (AvgIpc) is 2.76. The number of aliphatic hydroxyl groups is 1. The molecule has 1 aliphatic heterocycles. The molecule has 0 aromatic carbocycles. The lowest BCUT2D eigenvalue weighted by Crippen LogP contribution is -2.48. The first-order valence-corrected chi connectivity index (χ1v) is 6.66. The van der Waals surface area contributed by atoms with E-state index in [9.17, 15) is 9.59 Å². The number of rotatable bonds is 3.